The van der Waals surface area contributed by atoms with Crippen molar-refractivity contribution < 1.29 is 4.39 Å². The van der Waals surface area contributed by atoms with E-state index in [1.165, 1.54) is 18.5 Å². The molecule has 0 bridgehead atoms. The number of nitrogens with two attached hydrogens (primary N) is 1. The van der Waals surface area contributed by atoms with Gasteiger partial charge in [-0.15, -0.1) is 0 Å². The highest BCUT2D eigenvalue weighted by molar-refractivity contribution is 6.36. The highest BCUT2D eigenvalue weighted by Gasteiger charge is 2.15. The van der Waals surface area contributed by atoms with E-state index in [0.717, 1.165) is 22.0 Å². The van der Waals surface area contributed by atoms with E-state index in [4.69, 9.17) is 28.9 Å². The molecule has 2 aromatic heterocycles. The summed E-state index contributed by atoms with van der Waals surface area (Å²) in [5.74, 6) is -0.170. The average Bonchev–Trinajstić information content (AvgIpc) is 2.65. The van der Waals surface area contributed by atoms with Crippen molar-refractivity contribution in [3.8, 4) is 22.4 Å². The van der Waals surface area contributed by atoms with Gasteiger partial charge in [-0.25, -0.2) is 14.4 Å². The zero-order valence-corrected chi connectivity index (χ0v) is 14.8. The highest BCUT2D eigenvalue weighted by Crippen LogP contribution is 2.37. The molecule has 0 aliphatic heterocycles. The molecule has 2 heterocycles. The van der Waals surface area contributed by atoms with Gasteiger partial charge in [0.2, 0.25) is 0 Å². The second kappa shape index (κ2) is 6.52. The van der Waals surface area contributed by atoms with Gasteiger partial charge in [0, 0.05) is 22.7 Å². The number of fused-ring (bicyclic) bond motifs is 1. The fourth-order valence-corrected chi connectivity index (χ4v) is 3.27. The molecule has 4 aromatic rings. The van der Waals surface area contributed by atoms with Crippen LogP contribution in [0.4, 0.5) is 10.2 Å². The first-order valence-corrected chi connectivity index (χ1v) is 8.41. The smallest absolute Gasteiger partial charge is 0.142 e. The number of rotatable bonds is 2. The Hall–Kier alpha value is -2.76. The number of benzene rings is 2. The molecule has 0 amide bonds. The van der Waals surface area contributed by atoms with E-state index in [1.54, 1.807) is 12.3 Å². The maximum atomic E-state index is 14.0. The number of nitrogen functional groups attached to an aromatic ring is 1. The van der Waals surface area contributed by atoms with Gasteiger partial charge in [-0.05, 0) is 35.9 Å². The minimum Gasteiger partial charge on any atom is -0.383 e. The Balaban J connectivity index is 1.95. The number of aromatic nitrogens is 3. The predicted octanol–water partition coefficient (Wildman–Crippen LogP) is 5.39. The molecule has 0 saturated heterocycles. The largest absolute Gasteiger partial charge is 0.383 e. The fraction of sp³-hybridized carbons (Fsp3) is 0. The molecule has 0 saturated carbocycles. The fourth-order valence-electron chi connectivity index (χ4n) is 2.80. The van der Waals surface area contributed by atoms with E-state index < -0.39 is 5.82 Å². The molecule has 0 fully saturated rings. The van der Waals surface area contributed by atoms with Crippen LogP contribution in [0.3, 0.4) is 0 Å². The molecule has 0 radical (unpaired) electrons. The van der Waals surface area contributed by atoms with Crippen molar-refractivity contribution >= 4 is 39.9 Å². The number of nitrogens with zero attached hydrogens (tertiary/aromatic N) is 3. The molecule has 128 valence electrons. The summed E-state index contributed by atoms with van der Waals surface area (Å²) in [6, 6.07) is 12.0. The third-order valence-electron chi connectivity index (χ3n) is 4.05. The standard InChI is InChI=1S/C19H11Cl2FN4/c20-14-8-15(21)16(22)7-12(14)18-11(2-1-5-24-18)10-3-4-17-13(6-10)19(23)26-9-25-17/h1-9H,(H2,23,25,26). The van der Waals surface area contributed by atoms with Crippen LogP contribution in [0.1, 0.15) is 0 Å². The molecule has 0 aliphatic rings. The Bertz CT molecular complexity index is 1150. The van der Waals surface area contributed by atoms with E-state index >= 15 is 0 Å². The van der Waals surface area contributed by atoms with Gasteiger partial charge in [-0.1, -0.05) is 35.3 Å². The van der Waals surface area contributed by atoms with Crippen LogP contribution in [0.15, 0.2) is 55.0 Å². The van der Waals surface area contributed by atoms with Crippen LogP contribution in [0.2, 0.25) is 10.0 Å². The van der Waals surface area contributed by atoms with E-state index in [9.17, 15) is 4.39 Å². The van der Waals surface area contributed by atoms with Crippen LogP contribution >= 0.6 is 23.2 Å². The maximum Gasteiger partial charge on any atom is 0.142 e. The van der Waals surface area contributed by atoms with E-state index in [2.05, 4.69) is 15.0 Å². The van der Waals surface area contributed by atoms with Gasteiger partial charge < -0.3 is 5.73 Å². The zero-order valence-electron chi connectivity index (χ0n) is 13.2. The minimum absolute atomic E-state index is 0.0353. The van der Waals surface area contributed by atoms with Crippen LogP contribution in [0.5, 0.6) is 0 Å². The molecule has 0 spiro atoms. The number of hydrogen-bond acceptors (Lipinski definition) is 4. The zero-order chi connectivity index (χ0) is 18.3. The summed E-state index contributed by atoms with van der Waals surface area (Å²) in [7, 11) is 0. The summed E-state index contributed by atoms with van der Waals surface area (Å²) in [6.45, 7) is 0. The number of hydrogen-bond donors (Lipinski definition) is 1. The van der Waals surface area contributed by atoms with E-state index in [1.807, 2.05) is 24.3 Å². The van der Waals surface area contributed by atoms with Crippen molar-refractivity contribution in [1.82, 2.24) is 15.0 Å². The van der Waals surface area contributed by atoms with Crippen LogP contribution in [0, 0.1) is 5.82 Å². The highest BCUT2D eigenvalue weighted by atomic mass is 35.5. The third kappa shape index (κ3) is 2.85. The summed E-state index contributed by atoms with van der Waals surface area (Å²) in [5, 5.41) is 1.01. The number of halogens is 3. The lowest BCUT2D eigenvalue weighted by Gasteiger charge is -2.12. The van der Waals surface area contributed by atoms with Crippen molar-refractivity contribution in [2.24, 2.45) is 0 Å². The van der Waals surface area contributed by atoms with Crippen LogP contribution in [0.25, 0.3) is 33.3 Å². The predicted molar refractivity (Wildman–Crippen MR) is 103 cm³/mol. The van der Waals surface area contributed by atoms with Gasteiger partial charge in [-0.3, -0.25) is 4.98 Å². The maximum absolute atomic E-state index is 14.0. The van der Waals surface area contributed by atoms with Crippen molar-refractivity contribution in [2.45, 2.75) is 0 Å². The molecular weight excluding hydrogens is 374 g/mol. The molecule has 26 heavy (non-hydrogen) atoms. The first-order valence-electron chi connectivity index (χ1n) is 7.65. The molecule has 4 rings (SSSR count). The molecular formula is C19H11Cl2FN4. The SMILES string of the molecule is Nc1ncnc2ccc(-c3cccnc3-c3cc(F)c(Cl)cc3Cl)cc12. The molecule has 2 N–H and O–H groups in total. The van der Waals surface area contributed by atoms with Crippen molar-refractivity contribution in [2.75, 3.05) is 5.73 Å². The monoisotopic (exact) mass is 384 g/mol. The topological polar surface area (TPSA) is 64.7 Å². The summed E-state index contributed by atoms with van der Waals surface area (Å²) in [4.78, 5) is 12.6. The minimum atomic E-state index is -0.557. The molecule has 7 heteroatoms. The van der Waals surface area contributed by atoms with Gasteiger partial charge in [0.25, 0.3) is 0 Å². The van der Waals surface area contributed by atoms with E-state index in [-0.39, 0.29) is 5.02 Å². The van der Waals surface area contributed by atoms with Crippen molar-refractivity contribution in [3.63, 3.8) is 0 Å². The average molecular weight is 385 g/mol. The lowest BCUT2D eigenvalue weighted by atomic mass is 9.98. The molecule has 0 aliphatic carbocycles. The second-order valence-electron chi connectivity index (χ2n) is 5.64. The van der Waals surface area contributed by atoms with Crippen LogP contribution < -0.4 is 5.73 Å². The third-order valence-corrected chi connectivity index (χ3v) is 4.65. The van der Waals surface area contributed by atoms with Gasteiger partial charge >= 0.3 is 0 Å². The Morgan fingerprint density at radius 1 is 0.885 bits per heavy atom. The van der Waals surface area contributed by atoms with Crippen LogP contribution in [-0.2, 0) is 0 Å². The lowest BCUT2D eigenvalue weighted by molar-refractivity contribution is 0.628. The summed E-state index contributed by atoms with van der Waals surface area (Å²) in [6.07, 6.45) is 3.04. The van der Waals surface area contributed by atoms with Gasteiger partial charge in [0.15, 0.2) is 0 Å². The van der Waals surface area contributed by atoms with E-state index in [0.29, 0.717) is 22.1 Å². The van der Waals surface area contributed by atoms with Gasteiger partial charge in [-0.2, -0.15) is 0 Å². The summed E-state index contributed by atoms with van der Waals surface area (Å²) >= 11 is 12.1. The summed E-state index contributed by atoms with van der Waals surface area (Å²) in [5.41, 5.74) is 9.32. The van der Waals surface area contributed by atoms with Gasteiger partial charge in [0.05, 0.1) is 21.3 Å². The first-order chi connectivity index (χ1) is 12.5. The Kier molecular flexibility index (Phi) is 4.18. The van der Waals surface area contributed by atoms with Gasteiger partial charge in [0.1, 0.15) is 18.0 Å². The molecule has 0 atom stereocenters. The Labute approximate surface area is 158 Å². The summed E-state index contributed by atoms with van der Waals surface area (Å²) < 4.78 is 14.0. The van der Waals surface area contributed by atoms with Crippen molar-refractivity contribution in [1.29, 1.82) is 0 Å². The molecule has 2 aromatic carbocycles. The first kappa shape index (κ1) is 16.7. The van der Waals surface area contributed by atoms with Crippen molar-refractivity contribution in [3.05, 3.63) is 70.9 Å². The number of pyridine rings is 1. The Morgan fingerprint density at radius 2 is 1.73 bits per heavy atom. The quantitative estimate of drug-likeness (QED) is 0.470. The second-order valence-corrected chi connectivity index (χ2v) is 6.45. The number of anilines is 1. The Morgan fingerprint density at radius 3 is 2.58 bits per heavy atom. The molecule has 4 nitrogen and oxygen atoms in total. The normalized spacial score (nSPS) is 11.0. The van der Waals surface area contributed by atoms with Crippen LogP contribution in [-0.4, -0.2) is 15.0 Å². The lowest BCUT2D eigenvalue weighted by Crippen LogP contribution is -1.95. The molecule has 0 unspecified atom stereocenters.